The lowest BCUT2D eigenvalue weighted by molar-refractivity contribution is -0.117. The Kier molecular flexibility index (Phi) is 7.37. The molecule has 0 saturated heterocycles. The Morgan fingerprint density at radius 2 is 1.52 bits per heavy atom. The Morgan fingerprint density at radius 1 is 0.926 bits per heavy atom. The Balaban J connectivity index is 1.81. The summed E-state index contributed by atoms with van der Waals surface area (Å²) >= 11 is 5.84. The van der Waals surface area contributed by atoms with Crippen LogP contribution in [0.25, 0.3) is 0 Å². The predicted octanol–water partition coefficient (Wildman–Crippen LogP) is 3.69. The van der Waals surface area contributed by atoms with Gasteiger partial charge in [0.05, 0.1) is 6.54 Å². The number of nitrogens with one attached hydrogen (secondary N) is 3. The van der Waals surface area contributed by atoms with Gasteiger partial charge in [-0.25, -0.2) is 0 Å². The summed E-state index contributed by atoms with van der Waals surface area (Å²) in [5.41, 5.74) is 1.61. The van der Waals surface area contributed by atoms with Crippen LogP contribution in [0.5, 0.6) is 0 Å². The van der Waals surface area contributed by atoms with Crippen molar-refractivity contribution in [1.29, 1.82) is 0 Å². The van der Waals surface area contributed by atoms with E-state index in [1.165, 1.54) is 6.07 Å². The van der Waals surface area contributed by atoms with Crippen molar-refractivity contribution in [1.82, 2.24) is 5.32 Å². The summed E-state index contributed by atoms with van der Waals surface area (Å²) in [5, 5.41) is 8.46. The van der Waals surface area contributed by atoms with Gasteiger partial charge in [-0.15, -0.1) is 0 Å². The second-order valence-electron chi connectivity index (χ2n) is 6.46. The van der Waals surface area contributed by atoms with Crippen molar-refractivity contribution >= 4 is 40.7 Å². The molecular formula is C20H22ClN3O3. The molecule has 0 bridgehead atoms. The third kappa shape index (κ3) is 7.11. The van der Waals surface area contributed by atoms with Crippen molar-refractivity contribution < 1.29 is 14.4 Å². The number of amides is 3. The van der Waals surface area contributed by atoms with Crippen LogP contribution < -0.4 is 16.0 Å². The Bertz CT molecular complexity index is 819. The smallest absolute Gasteiger partial charge is 0.251 e. The first kappa shape index (κ1) is 20.5. The van der Waals surface area contributed by atoms with Crippen LogP contribution in [0.2, 0.25) is 5.02 Å². The van der Waals surface area contributed by atoms with Gasteiger partial charge in [0.15, 0.2) is 0 Å². The van der Waals surface area contributed by atoms with E-state index in [9.17, 15) is 14.4 Å². The van der Waals surface area contributed by atoms with Crippen molar-refractivity contribution in [2.75, 3.05) is 17.2 Å². The highest BCUT2D eigenvalue weighted by Gasteiger charge is 2.09. The second-order valence-corrected chi connectivity index (χ2v) is 6.90. The van der Waals surface area contributed by atoms with Gasteiger partial charge in [-0.05, 0) is 48.4 Å². The molecule has 3 amide bonds. The predicted molar refractivity (Wildman–Crippen MR) is 107 cm³/mol. The first-order valence-electron chi connectivity index (χ1n) is 8.57. The number of anilines is 2. The molecule has 2 rings (SSSR count). The first-order chi connectivity index (χ1) is 12.8. The third-order valence-corrected chi connectivity index (χ3v) is 3.78. The maximum Gasteiger partial charge on any atom is 0.251 e. The van der Waals surface area contributed by atoms with Gasteiger partial charge in [0.25, 0.3) is 5.91 Å². The molecule has 3 N–H and O–H groups in total. The number of carbonyl (C=O) groups is 3. The lowest BCUT2D eigenvalue weighted by atomic mass is 10.1. The van der Waals surface area contributed by atoms with Gasteiger partial charge in [-0.3, -0.25) is 14.4 Å². The fourth-order valence-electron chi connectivity index (χ4n) is 2.32. The molecule has 0 saturated carbocycles. The molecule has 0 aromatic heterocycles. The van der Waals surface area contributed by atoms with Gasteiger partial charge in [-0.2, -0.15) is 0 Å². The maximum absolute atomic E-state index is 12.0. The summed E-state index contributed by atoms with van der Waals surface area (Å²) in [4.78, 5) is 35.7. The highest BCUT2D eigenvalue weighted by molar-refractivity contribution is 6.31. The number of halogens is 1. The molecule has 0 fully saturated rings. The molecule has 0 heterocycles. The Labute approximate surface area is 163 Å². The van der Waals surface area contributed by atoms with Crippen molar-refractivity contribution in [2.45, 2.75) is 20.3 Å². The van der Waals surface area contributed by atoms with E-state index in [4.69, 9.17) is 11.6 Å². The molecule has 0 aliphatic heterocycles. The van der Waals surface area contributed by atoms with Gasteiger partial charge < -0.3 is 16.0 Å². The van der Waals surface area contributed by atoms with Crippen molar-refractivity contribution in [3.8, 4) is 0 Å². The van der Waals surface area contributed by atoms with Gasteiger partial charge >= 0.3 is 0 Å². The molecule has 0 radical (unpaired) electrons. The minimum absolute atomic E-state index is 0.0505. The Morgan fingerprint density at radius 3 is 2.07 bits per heavy atom. The summed E-state index contributed by atoms with van der Waals surface area (Å²) in [5.74, 6) is -0.506. The van der Waals surface area contributed by atoms with Crippen molar-refractivity contribution in [3.63, 3.8) is 0 Å². The molecule has 0 spiro atoms. The number of rotatable bonds is 7. The molecule has 0 unspecified atom stereocenters. The number of benzene rings is 2. The summed E-state index contributed by atoms with van der Waals surface area (Å²) in [7, 11) is 0. The quantitative estimate of drug-likeness (QED) is 0.677. The van der Waals surface area contributed by atoms with Gasteiger partial charge in [-0.1, -0.05) is 31.5 Å². The van der Waals surface area contributed by atoms with Crippen LogP contribution in [0.4, 0.5) is 11.4 Å². The molecular weight excluding hydrogens is 366 g/mol. The molecule has 0 aliphatic carbocycles. The fraction of sp³-hybridized carbons (Fsp3) is 0.250. The van der Waals surface area contributed by atoms with Crippen LogP contribution in [0.1, 0.15) is 30.6 Å². The third-order valence-electron chi connectivity index (χ3n) is 3.54. The average Bonchev–Trinajstić information content (AvgIpc) is 2.60. The number of hydrogen-bond donors (Lipinski definition) is 3. The molecule has 6 nitrogen and oxygen atoms in total. The molecule has 7 heteroatoms. The second kappa shape index (κ2) is 9.73. The fourth-order valence-corrected chi connectivity index (χ4v) is 2.51. The van der Waals surface area contributed by atoms with Crippen LogP contribution >= 0.6 is 11.6 Å². The van der Waals surface area contributed by atoms with E-state index in [0.717, 1.165) is 0 Å². The topological polar surface area (TPSA) is 87.3 Å². The lowest BCUT2D eigenvalue weighted by Crippen LogP contribution is -2.32. The van der Waals surface area contributed by atoms with Crippen LogP contribution in [0, 0.1) is 5.92 Å². The van der Waals surface area contributed by atoms with E-state index in [0.29, 0.717) is 28.4 Å². The SMILES string of the molecule is CC(C)CC(=O)Nc1ccc(NC(=O)CNC(=O)c2cccc(Cl)c2)cc1. The van der Waals surface area contributed by atoms with Crippen LogP contribution in [-0.2, 0) is 9.59 Å². The molecule has 2 aromatic carbocycles. The normalized spacial score (nSPS) is 10.4. The van der Waals surface area contributed by atoms with Crippen molar-refractivity contribution in [2.24, 2.45) is 5.92 Å². The van der Waals surface area contributed by atoms with E-state index < -0.39 is 0 Å². The highest BCUT2D eigenvalue weighted by atomic mass is 35.5. The minimum atomic E-state index is -0.379. The minimum Gasteiger partial charge on any atom is -0.343 e. The van der Waals surface area contributed by atoms with E-state index in [2.05, 4.69) is 16.0 Å². The molecule has 0 aliphatic rings. The largest absolute Gasteiger partial charge is 0.343 e. The van der Waals surface area contributed by atoms with Crippen LogP contribution in [0.3, 0.4) is 0 Å². The lowest BCUT2D eigenvalue weighted by Gasteiger charge is -2.09. The van der Waals surface area contributed by atoms with Gasteiger partial charge in [0, 0.05) is 28.4 Å². The molecule has 2 aromatic rings. The van der Waals surface area contributed by atoms with Gasteiger partial charge in [0.1, 0.15) is 0 Å². The maximum atomic E-state index is 12.0. The van der Waals surface area contributed by atoms with Crippen LogP contribution in [0.15, 0.2) is 48.5 Å². The first-order valence-corrected chi connectivity index (χ1v) is 8.95. The van der Waals surface area contributed by atoms with E-state index in [-0.39, 0.29) is 30.2 Å². The van der Waals surface area contributed by atoms with E-state index >= 15 is 0 Å². The summed E-state index contributed by atoms with van der Waals surface area (Å²) < 4.78 is 0. The summed E-state index contributed by atoms with van der Waals surface area (Å²) in [6, 6.07) is 13.3. The number of carbonyl (C=O) groups excluding carboxylic acids is 3. The highest BCUT2D eigenvalue weighted by Crippen LogP contribution is 2.14. The average molecular weight is 388 g/mol. The number of hydrogen-bond acceptors (Lipinski definition) is 3. The van der Waals surface area contributed by atoms with Crippen LogP contribution in [-0.4, -0.2) is 24.3 Å². The molecule has 142 valence electrons. The molecule has 0 atom stereocenters. The zero-order valence-electron chi connectivity index (χ0n) is 15.2. The zero-order valence-corrected chi connectivity index (χ0v) is 16.0. The van der Waals surface area contributed by atoms with E-state index in [1.807, 2.05) is 13.8 Å². The van der Waals surface area contributed by atoms with Gasteiger partial charge in [0.2, 0.25) is 11.8 Å². The monoisotopic (exact) mass is 387 g/mol. The summed E-state index contributed by atoms with van der Waals surface area (Å²) in [6.07, 6.45) is 0.449. The van der Waals surface area contributed by atoms with E-state index in [1.54, 1.807) is 42.5 Å². The Hall–Kier alpha value is -2.86. The summed E-state index contributed by atoms with van der Waals surface area (Å²) in [6.45, 7) is 3.78. The zero-order chi connectivity index (χ0) is 19.8. The standard InChI is InChI=1S/C20H22ClN3O3/c1-13(2)10-18(25)23-16-6-8-17(9-7-16)24-19(26)12-22-20(27)14-4-3-5-15(21)11-14/h3-9,11,13H,10,12H2,1-2H3,(H,22,27)(H,23,25)(H,24,26). The van der Waals surface area contributed by atoms with Crippen molar-refractivity contribution in [3.05, 3.63) is 59.1 Å². The molecule has 27 heavy (non-hydrogen) atoms.